The predicted octanol–water partition coefficient (Wildman–Crippen LogP) is -12.9. The maximum absolute atomic E-state index is 14.3. The van der Waals surface area contributed by atoms with Crippen LogP contribution in [0.3, 0.4) is 0 Å². The Kier molecular flexibility index (Phi) is 50.9. The number of carboxylic acid groups (broad SMARTS) is 4. The Balaban J connectivity index is 1.82. The lowest BCUT2D eigenvalue weighted by Gasteiger charge is -2.29. The second-order valence-corrected chi connectivity index (χ2v) is 32.0. The number of phenolic OH excluding ortho intramolecular Hbond substituents is 1. The highest BCUT2D eigenvalue weighted by Crippen LogP contribution is 2.16. The topological polar surface area (TPSA) is 906 Å². The Morgan fingerprint density at radius 1 is 0.375 bits per heavy atom. The third kappa shape index (κ3) is 42.0. The van der Waals surface area contributed by atoms with E-state index in [4.69, 9.17) is 22.9 Å². The zero-order valence-corrected chi connectivity index (χ0v) is 75.0. The van der Waals surface area contributed by atoms with Crippen molar-refractivity contribution < 1.29 is 157 Å². The van der Waals surface area contributed by atoms with Crippen LogP contribution < -0.4 is 108 Å². The SMILES string of the molecule is CC(C)C[C@H](NC(=O)[C@H](Cc1cnc[nH]1)NC(=O)[C@H](CO)NC(=O)[C@H](CC(=O)O)NC(=O)[C@H](CO)NC(=O)[C@@H](NC(=O)[C@H](CCC(=O)O)NC(=O)[C@@H](NC(=O)[C@H](CO)NC(=O)CNC(=O)[C@H](Cc1ccccc1)NC(=O)[C@H](CC(=O)O)NC(=O)[C@H](Cc1ccc(O)cc1)NC(=O)[C@H](CC(N)=O)NC(=O)[C@@H](N)CCCCN)[C@@H](C)O)[C@@H](C)O)C(=O)N[C@H](C(=O)N[C@@H](CCCCN)C(=O)O)[C@@H](C)O. The predicted molar refractivity (Wildman–Crippen MR) is 469 cm³/mol. The third-order valence-electron chi connectivity index (χ3n) is 20.2. The molecule has 0 saturated heterocycles. The first-order valence-corrected chi connectivity index (χ1v) is 42.9. The van der Waals surface area contributed by atoms with Crippen molar-refractivity contribution in [3.63, 3.8) is 0 Å². The van der Waals surface area contributed by atoms with Crippen LogP contribution in [0.15, 0.2) is 67.1 Å². The van der Waals surface area contributed by atoms with Crippen LogP contribution in [-0.2, 0) is 120 Å². The van der Waals surface area contributed by atoms with Gasteiger partial charge in [-0.05, 0) is 108 Å². The van der Waals surface area contributed by atoms with Gasteiger partial charge in [0.2, 0.25) is 100 Å². The fourth-order valence-electron chi connectivity index (χ4n) is 12.8. The Labute approximate surface area is 777 Å². The van der Waals surface area contributed by atoms with Crippen LogP contribution in [-0.4, -0.2) is 345 Å². The number of aliphatic hydroxyl groups is 6. The number of carboxylic acids is 4. The molecule has 0 radical (unpaired) electrons. The van der Waals surface area contributed by atoms with Gasteiger partial charge in [-0.25, -0.2) is 9.78 Å². The van der Waals surface area contributed by atoms with E-state index in [1.165, 1.54) is 61.1 Å². The summed E-state index contributed by atoms with van der Waals surface area (Å²) < 4.78 is 0. The van der Waals surface area contributed by atoms with E-state index in [2.05, 4.69) is 63.1 Å². The molecule has 3 rings (SSSR count). The van der Waals surface area contributed by atoms with Crippen molar-refractivity contribution >= 4 is 124 Å². The molecule has 54 heteroatoms. The largest absolute Gasteiger partial charge is 0.508 e. The van der Waals surface area contributed by atoms with Crippen molar-refractivity contribution in [2.75, 3.05) is 39.5 Å². The molecule has 0 bridgehead atoms. The third-order valence-corrected chi connectivity index (χ3v) is 20.2. The van der Waals surface area contributed by atoms with Crippen LogP contribution >= 0.6 is 0 Å². The van der Waals surface area contributed by atoms with Crippen LogP contribution in [0.4, 0.5) is 0 Å². The maximum atomic E-state index is 14.3. The van der Waals surface area contributed by atoms with E-state index in [0.29, 0.717) is 31.2 Å². The van der Waals surface area contributed by atoms with Crippen LogP contribution in [0.25, 0.3) is 0 Å². The first-order chi connectivity index (χ1) is 64.1. The van der Waals surface area contributed by atoms with E-state index in [-0.39, 0.29) is 49.4 Å². The van der Waals surface area contributed by atoms with Gasteiger partial charge >= 0.3 is 23.9 Å². The average Bonchev–Trinajstić information content (AvgIpc) is 1.60. The minimum Gasteiger partial charge on any atom is -0.508 e. The van der Waals surface area contributed by atoms with Gasteiger partial charge in [0.05, 0.1) is 76.3 Å². The number of nitrogens with two attached hydrogens (primary N) is 4. The van der Waals surface area contributed by atoms with E-state index >= 15 is 0 Å². The quantitative estimate of drug-likeness (QED) is 0.0233. The maximum Gasteiger partial charge on any atom is 0.326 e. The number of hydrogen-bond acceptors (Lipinski definition) is 32. The normalized spacial score (nSPS) is 15.3. The van der Waals surface area contributed by atoms with Gasteiger partial charge in [0.25, 0.3) is 0 Å². The van der Waals surface area contributed by atoms with Gasteiger partial charge in [0, 0.05) is 37.6 Å². The van der Waals surface area contributed by atoms with Gasteiger partial charge < -0.3 is 169 Å². The van der Waals surface area contributed by atoms with Gasteiger partial charge in [-0.2, -0.15) is 0 Å². The summed E-state index contributed by atoms with van der Waals surface area (Å²) in [6.07, 6.45) is -8.28. The van der Waals surface area contributed by atoms with E-state index in [0.717, 1.165) is 20.8 Å². The number of nitrogens with one attached hydrogen (secondary N) is 17. The summed E-state index contributed by atoms with van der Waals surface area (Å²) >= 11 is 0. The monoisotopic (exact) mass is 1930 g/mol. The fraction of sp³-hybridized carbons (Fsp3) is 0.561. The van der Waals surface area contributed by atoms with E-state index in [9.17, 15) is 157 Å². The number of carbonyl (C=O) groups is 21. The number of primary amides is 1. The molecule has 0 aliphatic carbocycles. The molecule has 1 heterocycles. The van der Waals surface area contributed by atoms with Gasteiger partial charge in [-0.15, -0.1) is 0 Å². The summed E-state index contributed by atoms with van der Waals surface area (Å²) in [4.78, 5) is 289. The number of aliphatic hydroxyl groups excluding tert-OH is 6. The van der Waals surface area contributed by atoms with Gasteiger partial charge in [0.1, 0.15) is 96.4 Å². The number of aliphatic carboxylic acids is 4. The molecular weight excluding hydrogens is 1810 g/mol. The zero-order valence-electron chi connectivity index (χ0n) is 75.0. The summed E-state index contributed by atoms with van der Waals surface area (Å²) in [6, 6.07) is -17.7. The molecule has 17 amide bonds. The smallest absolute Gasteiger partial charge is 0.326 e. The number of nitrogens with zero attached hydrogens (tertiary/aromatic N) is 1. The van der Waals surface area contributed by atoms with Crippen molar-refractivity contribution in [3.8, 4) is 5.75 Å². The van der Waals surface area contributed by atoms with Gasteiger partial charge in [0.15, 0.2) is 0 Å². The number of aromatic nitrogens is 2. The second-order valence-electron chi connectivity index (χ2n) is 32.0. The molecule has 54 nitrogen and oxygen atoms in total. The second kappa shape index (κ2) is 59.6. The van der Waals surface area contributed by atoms with Crippen LogP contribution in [0.1, 0.15) is 128 Å². The van der Waals surface area contributed by atoms with Crippen LogP contribution in [0.2, 0.25) is 0 Å². The Morgan fingerprint density at radius 2 is 0.735 bits per heavy atom. The van der Waals surface area contributed by atoms with E-state index in [1.807, 2.05) is 31.9 Å². The molecule has 0 fully saturated rings. The number of amides is 17. The van der Waals surface area contributed by atoms with Crippen molar-refractivity contribution in [3.05, 3.63) is 83.9 Å². The molecule has 1 aromatic heterocycles. The summed E-state index contributed by atoms with van der Waals surface area (Å²) in [5.74, 6) is -29.2. The number of imidazole rings is 1. The van der Waals surface area contributed by atoms with Crippen molar-refractivity contribution in [1.29, 1.82) is 0 Å². The van der Waals surface area contributed by atoms with Crippen molar-refractivity contribution in [2.45, 2.75) is 246 Å². The molecule has 0 aliphatic heterocycles. The van der Waals surface area contributed by atoms with Crippen LogP contribution in [0.5, 0.6) is 5.75 Å². The standard InChI is InChI=1S/C82H124N22O32/c1-38(2)25-49(75(128)103-65(40(4)109)80(133)92-48(82(135)136)16-10-12-24-84)94-71(124)52(28-44-32-87-37-89-44)97-76(129)57(35-106)100-74(127)55(31-63(118)119)99-77(130)58(36-107)101-81(134)66(41(5)110)102-69(122)47(21-22-61(114)115)91-79(132)64(39(3)108)104-78(131)56(34-105)90-60(113)33-88-68(121)50(26-42-13-7-6-8-14-42)95-73(126)54(30-62(116)117)98-70(123)51(27-43-17-19-45(111)20-18-43)96-72(125)53(29-59(86)112)93-67(120)46(85)15-9-11-23-83/h6-8,13-14,17-20,32,37-41,46-58,64-66,105-111H,9-12,15-16,21-31,33-36,83-85H2,1-5H3,(H2,86,112)(H,87,89)(H,88,121)(H,90,113)(H,91,132)(H,92,133)(H,93,120)(H,94,124)(H,95,126)(H,96,125)(H,97,129)(H,98,123)(H,99,130)(H,100,127)(H,101,134)(H,102,122)(H,103,128)(H,104,131)(H,114,115)(H,116,117)(H,118,119)(H,135,136)/t39-,40-,41-,46+,47+,48+,49+,50+,51+,52+,53+,54+,55+,56+,57+,58+,64+,65+,66+/m1/s1. The van der Waals surface area contributed by atoms with Crippen LogP contribution in [0, 0.1) is 5.92 Å². The summed E-state index contributed by atoms with van der Waals surface area (Å²) in [5.41, 5.74) is 23.2. The number of phenols is 1. The molecular formula is C82H124N22O32. The van der Waals surface area contributed by atoms with Crippen molar-refractivity contribution in [1.82, 2.24) is 95.0 Å². The molecule has 0 aliphatic rings. The molecule has 36 N–H and O–H groups in total. The minimum absolute atomic E-state index is 0.0615. The lowest BCUT2D eigenvalue weighted by atomic mass is 10.0. The number of hydrogen-bond donors (Lipinski definition) is 32. The van der Waals surface area contributed by atoms with Gasteiger partial charge in [-0.3, -0.25) is 95.9 Å². The zero-order chi connectivity index (χ0) is 102. The molecule has 19 atom stereocenters. The summed E-state index contributed by atoms with van der Waals surface area (Å²) in [7, 11) is 0. The lowest BCUT2D eigenvalue weighted by molar-refractivity contribution is -0.143. The number of rotatable bonds is 64. The fourth-order valence-corrected chi connectivity index (χ4v) is 12.8. The molecule has 3 aromatic rings. The van der Waals surface area contributed by atoms with Crippen molar-refractivity contribution in [2.24, 2.45) is 28.9 Å². The number of aromatic amines is 1. The molecule has 0 unspecified atom stereocenters. The first-order valence-electron chi connectivity index (χ1n) is 42.9. The summed E-state index contributed by atoms with van der Waals surface area (Å²) in [5, 5.41) is 147. The number of carbonyl (C=O) groups excluding carboxylic acids is 17. The Bertz CT molecular complexity index is 4550. The number of unbranched alkanes of at least 4 members (excludes halogenated alkanes) is 2. The number of aromatic hydroxyl groups is 1. The molecule has 2 aromatic carbocycles. The van der Waals surface area contributed by atoms with Gasteiger partial charge in [-0.1, -0.05) is 62.7 Å². The van der Waals surface area contributed by atoms with E-state index < -0.39 is 323 Å². The average molecular weight is 1930 g/mol. The number of H-pyrrole nitrogens is 1. The molecule has 0 saturated carbocycles. The summed E-state index contributed by atoms with van der Waals surface area (Å²) in [6.45, 7) is 1.54. The highest BCUT2D eigenvalue weighted by atomic mass is 16.4. The highest BCUT2D eigenvalue weighted by Gasteiger charge is 2.41. The Hall–Kier alpha value is -14.0. The first kappa shape index (κ1) is 116. The molecule has 136 heavy (non-hydrogen) atoms. The number of benzene rings is 2. The van der Waals surface area contributed by atoms with E-state index in [1.54, 1.807) is 19.9 Å². The Morgan fingerprint density at radius 3 is 1.15 bits per heavy atom. The molecule has 754 valence electrons. The molecule has 0 spiro atoms. The highest BCUT2D eigenvalue weighted by molar-refractivity contribution is 6.02. The lowest BCUT2D eigenvalue weighted by Crippen LogP contribution is -2.63. The minimum atomic E-state index is -2.28.